The maximum absolute atomic E-state index is 12.9. The molecule has 1 aromatic rings. The maximum Gasteiger partial charge on any atom is 0.408 e. The summed E-state index contributed by atoms with van der Waals surface area (Å²) in [6.07, 6.45) is -0.434. The van der Waals surface area contributed by atoms with Crippen LogP contribution in [0, 0.1) is 11.8 Å². The third-order valence-electron chi connectivity index (χ3n) is 4.30. The Morgan fingerprint density at radius 3 is 2.38 bits per heavy atom. The average molecular weight is 494 g/mol. The van der Waals surface area contributed by atoms with Gasteiger partial charge in [-0.15, -0.1) is 5.92 Å². The van der Waals surface area contributed by atoms with Gasteiger partial charge in [0.1, 0.15) is 24.4 Å². The Labute approximate surface area is 205 Å². The lowest BCUT2D eigenvalue weighted by Crippen LogP contribution is -2.56. The predicted octanol–water partition coefficient (Wildman–Crippen LogP) is 2.43. The molecule has 3 atom stereocenters. The van der Waals surface area contributed by atoms with Crippen molar-refractivity contribution in [2.45, 2.75) is 64.5 Å². The van der Waals surface area contributed by atoms with Gasteiger partial charge in [0.2, 0.25) is 5.91 Å². The molecular formula is C24H35N3O6S. The third-order valence-corrected chi connectivity index (χ3v) is 4.94. The van der Waals surface area contributed by atoms with E-state index in [0.29, 0.717) is 12.2 Å². The van der Waals surface area contributed by atoms with Crippen molar-refractivity contribution in [2.75, 3.05) is 18.6 Å². The molecule has 10 heteroatoms. The lowest BCUT2D eigenvalue weighted by molar-refractivity contribution is -0.124. The topological polar surface area (TPSA) is 126 Å². The molecule has 0 aliphatic rings. The van der Waals surface area contributed by atoms with Gasteiger partial charge in [0, 0.05) is 6.54 Å². The van der Waals surface area contributed by atoms with E-state index in [-0.39, 0.29) is 13.2 Å². The molecule has 1 rings (SSSR count). The Hall–Kier alpha value is -2.90. The van der Waals surface area contributed by atoms with Gasteiger partial charge in [0.25, 0.3) is 0 Å². The number of aliphatic hydroxyl groups is 1. The van der Waals surface area contributed by atoms with E-state index in [9.17, 15) is 19.5 Å². The van der Waals surface area contributed by atoms with Crippen LogP contribution < -0.4 is 16.0 Å². The second kappa shape index (κ2) is 15.1. The van der Waals surface area contributed by atoms with Crippen molar-refractivity contribution in [1.29, 1.82) is 0 Å². The first kappa shape index (κ1) is 29.1. The summed E-state index contributed by atoms with van der Waals surface area (Å²) in [5.41, 5.74) is 0.105. The summed E-state index contributed by atoms with van der Waals surface area (Å²) in [4.78, 5) is 37.2. The van der Waals surface area contributed by atoms with Gasteiger partial charge in [-0.1, -0.05) is 36.3 Å². The molecule has 0 bridgehead atoms. The molecule has 1 aromatic carbocycles. The number of amides is 3. The maximum atomic E-state index is 12.9. The van der Waals surface area contributed by atoms with Crippen molar-refractivity contribution in [3.8, 4) is 11.8 Å². The molecule has 4 N–H and O–H groups in total. The number of alkyl carbamates (subject to hydrolysis) is 2. The van der Waals surface area contributed by atoms with Gasteiger partial charge in [0.05, 0.1) is 6.04 Å². The average Bonchev–Trinajstić information content (AvgIpc) is 2.77. The molecule has 34 heavy (non-hydrogen) atoms. The largest absolute Gasteiger partial charge is 0.445 e. The molecule has 0 aliphatic carbocycles. The Bertz CT molecular complexity index is 848. The highest BCUT2D eigenvalue weighted by Crippen LogP contribution is 2.09. The van der Waals surface area contributed by atoms with Crippen LogP contribution in [-0.2, 0) is 20.9 Å². The number of thioether (sulfide) groups is 1. The zero-order chi connectivity index (χ0) is 25.6. The minimum absolute atomic E-state index is 0.0809. The van der Waals surface area contributed by atoms with Crippen LogP contribution in [0.5, 0.6) is 0 Å². The fourth-order valence-corrected chi connectivity index (χ4v) is 3.17. The lowest BCUT2D eigenvalue weighted by atomic mass is 10.1. The molecule has 3 amide bonds. The fourth-order valence-electron chi connectivity index (χ4n) is 2.70. The van der Waals surface area contributed by atoms with E-state index in [0.717, 1.165) is 5.56 Å². The molecule has 0 saturated carbocycles. The van der Waals surface area contributed by atoms with Crippen molar-refractivity contribution < 1.29 is 29.0 Å². The number of benzene rings is 1. The van der Waals surface area contributed by atoms with E-state index in [1.165, 1.54) is 11.8 Å². The number of hydrogen-bond acceptors (Lipinski definition) is 7. The predicted molar refractivity (Wildman–Crippen MR) is 132 cm³/mol. The van der Waals surface area contributed by atoms with E-state index >= 15 is 0 Å². The SMILES string of the molecule is CC#CC(O)C(CNC(=O)OCc1ccccc1)NC(=O)C(CCSC)NC(=O)OC(C)(C)C. The number of rotatable bonds is 11. The first-order valence-corrected chi connectivity index (χ1v) is 12.3. The van der Waals surface area contributed by atoms with E-state index in [2.05, 4.69) is 27.8 Å². The number of carbonyl (C=O) groups is 3. The molecule has 188 valence electrons. The number of aliphatic hydroxyl groups excluding tert-OH is 1. The Morgan fingerprint density at radius 1 is 1.12 bits per heavy atom. The van der Waals surface area contributed by atoms with Crippen molar-refractivity contribution in [2.24, 2.45) is 0 Å². The van der Waals surface area contributed by atoms with Crippen molar-refractivity contribution in [3.63, 3.8) is 0 Å². The van der Waals surface area contributed by atoms with Gasteiger partial charge in [0.15, 0.2) is 0 Å². The summed E-state index contributed by atoms with van der Waals surface area (Å²) in [6, 6.07) is 7.35. The van der Waals surface area contributed by atoms with Crippen molar-refractivity contribution >= 4 is 29.9 Å². The normalized spacial score (nSPS) is 13.4. The summed E-state index contributed by atoms with van der Waals surface area (Å²) >= 11 is 1.52. The second-order valence-corrected chi connectivity index (χ2v) is 9.36. The quantitative estimate of drug-likeness (QED) is 0.349. The number of nitrogens with one attached hydrogen (secondary N) is 3. The van der Waals surface area contributed by atoms with Gasteiger partial charge in [-0.3, -0.25) is 4.79 Å². The van der Waals surface area contributed by atoms with Crippen LogP contribution >= 0.6 is 11.8 Å². The minimum Gasteiger partial charge on any atom is -0.445 e. The van der Waals surface area contributed by atoms with E-state index < -0.39 is 41.9 Å². The molecule has 0 saturated heterocycles. The monoisotopic (exact) mass is 493 g/mol. The van der Waals surface area contributed by atoms with Gasteiger partial charge in [-0.2, -0.15) is 11.8 Å². The molecule has 3 unspecified atom stereocenters. The third kappa shape index (κ3) is 12.4. The summed E-state index contributed by atoms with van der Waals surface area (Å²) in [7, 11) is 0. The van der Waals surface area contributed by atoms with E-state index in [4.69, 9.17) is 9.47 Å². The van der Waals surface area contributed by atoms with Crippen molar-refractivity contribution in [3.05, 3.63) is 35.9 Å². The molecule has 9 nitrogen and oxygen atoms in total. The van der Waals surface area contributed by atoms with Crippen LogP contribution in [0.25, 0.3) is 0 Å². The molecule has 0 aliphatic heterocycles. The molecule has 0 radical (unpaired) electrons. The number of ether oxygens (including phenoxy) is 2. The highest BCUT2D eigenvalue weighted by atomic mass is 32.2. The summed E-state index contributed by atoms with van der Waals surface area (Å²) < 4.78 is 10.4. The summed E-state index contributed by atoms with van der Waals surface area (Å²) in [5.74, 6) is 5.24. The molecule has 0 spiro atoms. The zero-order valence-electron chi connectivity index (χ0n) is 20.3. The lowest BCUT2D eigenvalue weighted by Gasteiger charge is -2.26. The Morgan fingerprint density at radius 2 is 1.79 bits per heavy atom. The van der Waals surface area contributed by atoms with Crippen LogP contribution in [0.3, 0.4) is 0 Å². The number of hydrogen-bond donors (Lipinski definition) is 4. The van der Waals surface area contributed by atoms with Crippen LogP contribution in [0.1, 0.15) is 39.7 Å². The zero-order valence-corrected chi connectivity index (χ0v) is 21.2. The first-order valence-electron chi connectivity index (χ1n) is 10.9. The van der Waals surface area contributed by atoms with Crippen LogP contribution in [0.2, 0.25) is 0 Å². The Balaban J connectivity index is 2.77. The van der Waals surface area contributed by atoms with Crippen molar-refractivity contribution in [1.82, 2.24) is 16.0 Å². The highest BCUT2D eigenvalue weighted by Gasteiger charge is 2.28. The van der Waals surface area contributed by atoms with E-state index in [1.54, 1.807) is 27.7 Å². The molecule has 0 aromatic heterocycles. The summed E-state index contributed by atoms with van der Waals surface area (Å²) in [5, 5.41) is 18.1. The molecule has 0 fully saturated rings. The first-order chi connectivity index (χ1) is 16.1. The standard InChI is InChI=1S/C24H35N3O6S/c1-6-10-20(28)19(15-25-22(30)32-16-17-11-8-7-9-12-17)26-21(29)18(13-14-34-5)27-23(31)33-24(2,3)4/h7-9,11-12,18-20,28H,13-16H2,1-5H3,(H,25,30)(H,26,29)(H,27,31). The van der Waals surface area contributed by atoms with E-state index in [1.807, 2.05) is 36.6 Å². The highest BCUT2D eigenvalue weighted by molar-refractivity contribution is 7.98. The van der Waals surface area contributed by atoms with Gasteiger partial charge >= 0.3 is 12.2 Å². The van der Waals surface area contributed by atoms with Gasteiger partial charge in [-0.25, -0.2) is 9.59 Å². The Kier molecular flexibility index (Phi) is 12.9. The smallest absolute Gasteiger partial charge is 0.408 e. The minimum atomic E-state index is -1.24. The molecule has 0 heterocycles. The van der Waals surface area contributed by atoms with Gasteiger partial charge < -0.3 is 30.5 Å². The second-order valence-electron chi connectivity index (χ2n) is 8.38. The fraction of sp³-hybridized carbons (Fsp3) is 0.542. The number of carbonyl (C=O) groups excluding carboxylic acids is 3. The summed E-state index contributed by atoms with van der Waals surface area (Å²) in [6.45, 7) is 6.68. The van der Waals surface area contributed by atoms with Crippen LogP contribution in [-0.4, -0.2) is 65.5 Å². The van der Waals surface area contributed by atoms with Gasteiger partial charge in [-0.05, 0) is 51.7 Å². The van der Waals surface area contributed by atoms with Crippen LogP contribution in [0.15, 0.2) is 30.3 Å². The van der Waals surface area contributed by atoms with Crippen LogP contribution in [0.4, 0.5) is 9.59 Å². The molecular weight excluding hydrogens is 458 g/mol.